The second-order valence-electron chi connectivity index (χ2n) is 6.05. The molecule has 0 aliphatic carbocycles. The van der Waals surface area contributed by atoms with Gasteiger partial charge in [0.1, 0.15) is 11.9 Å². The Morgan fingerprint density at radius 3 is 2.81 bits per heavy atom. The van der Waals surface area contributed by atoms with E-state index >= 15 is 0 Å². The molecule has 3 rings (SSSR count). The summed E-state index contributed by atoms with van der Waals surface area (Å²) in [4.78, 5) is 17.5. The highest BCUT2D eigenvalue weighted by Gasteiger charge is 2.20. The number of carbonyl (C=O) groups excluding carboxylic acids is 1. The lowest BCUT2D eigenvalue weighted by molar-refractivity contribution is 0.0870. The Bertz CT molecular complexity index is 833. The maximum absolute atomic E-state index is 12.3. The van der Waals surface area contributed by atoms with Crippen LogP contribution in [0.15, 0.2) is 27.8 Å². The van der Waals surface area contributed by atoms with E-state index in [4.69, 9.17) is 14.0 Å². The number of aromatic nitrogens is 2. The van der Waals surface area contributed by atoms with Crippen molar-refractivity contribution in [3.8, 4) is 17.2 Å². The highest BCUT2D eigenvalue weighted by molar-refractivity contribution is 5.92. The van der Waals surface area contributed by atoms with Crippen LogP contribution in [0.3, 0.4) is 0 Å². The summed E-state index contributed by atoms with van der Waals surface area (Å²) < 4.78 is 10.9. The van der Waals surface area contributed by atoms with Crippen molar-refractivity contribution in [2.75, 3.05) is 19.0 Å². The molecule has 144 valence electrons. The van der Waals surface area contributed by atoms with Gasteiger partial charge in [-0.2, -0.15) is 0 Å². The molecule has 2 N–H and O–H groups in total. The Balaban J connectivity index is 1.64. The van der Waals surface area contributed by atoms with Gasteiger partial charge in [-0.15, -0.1) is 10.2 Å². The maximum atomic E-state index is 12.3. The average Bonchev–Trinajstić information content (AvgIpc) is 3.35. The van der Waals surface area contributed by atoms with Crippen molar-refractivity contribution in [2.24, 2.45) is 5.16 Å². The summed E-state index contributed by atoms with van der Waals surface area (Å²) in [6.07, 6.45) is 2.10. The van der Waals surface area contributed by atoms with Crippen LogP contribution in [0.1, 0.15) is 32.6 Å². The first-order valence-electron chi connectivity index (χ1n) is 8.90. The molecule has 2 amide bonds. The van der Waals surface area contributed by atoms with E-state index in [1.807, 2.05) is 13.8 Å². The number of hydrogen-bond acceptors (Lipinski definition) is 7. The summed E-state index contributed by atoms with van der Waals surface area (Å²) in [6.45, 7) is 4.33. The number of nitrogens with zero attached hydrogens (tertiary/aromatic N) is 3. The number of amides is 2. The van der Waals surface area contributed by atoms with Crippen molar-refractivity contribution < 1.29 is 18.8 Å². The zero-order valence-electron chi connectivity index (χ0n) is 15.6. The average molecular weight is 373 g/mol. The van der Waals surface area contributed by atoms with Crippen LogP contribution in [0.5, 0.6) is 5.75 Å². The molecule has 27 heavy (non-hydrogen) atoms. The SMILES string of the molecule is CCC1=NOC(CNC(=O)Nc2cc(-c3nnc(CC)o3)ccc2OC)C1. The van der Waals surface area contributed by atoms with E-state index < -0.39 is 0 Å². The smallest absolute Gasteiger partial charge is 0.319 e. The van der Waals surface area contributed by atoms with Crippen molar-refractivity contribution in [1.82, 2.24) is 15.5 Å². The fourth-order valence-electron chi connectivity index (χ4n) is 2.63. The first-order chi connectivity index (χ1) is 13.1. The monoisotopic (exact) mass is 373 g/mol. The summed E-state index contributed by atoms with van der Waals surface area (Å²) in [5.41, 5.74) is 2.20. The molecule has 1 atom stereocenters. The third-order valence-corrected chi connectivity index (χ3v) is 4.16. The number of oxime groups is 1. The third kappa shape index (κ3) is 4.55. The fourth-order valence-corrected chi connectivity index (χ4v) is 2.63. The van der Waals surface area contributed by atoms with Gasteiger partial charge in [-0.1, -0.05) is 19.0 Å². The van der Waals surface area contributed by atoms with Gasteiger partial charge in [0.2, 0.25) is 11.8 Å². The summed E-state index contributed by atoms with van der Waals surface area (Å²) in [5.74, 6) is 1.47. The number of carbonyl (C=O) groups is 1. The molecule has 1 unspecified atom stereocenters. The summed E-state index contributed by atoms with van der Waals surface area (Å²) in [7, 11) is 1.54. The molecule has 0 saturated heterocycles. The number of ether oxygens (including phenoxy) is 1. The fraction of sp³-hybridized carbons (Fsp3) is 0.444. The van der Waals surface area contributed by atoms with E-state index in [9.17, 15) is 4.79 Å². The zero-order chi connectivity index (χ0) is 19.2. The molecule has 0 bridgehead atoms. The van der Waals surface area contributed by atoms with E-state index in [2.05, 4.69) is 26.0 Å². The molecular weight excluding hydrogens is 350 g/mol. The van der Waals surface area contributed by atoms with Crippen LogP contribution >= 0.6 is 0 Å². The van der Waals surface area contributed by atoms with Gasteiger partial charge in [0, 0.05) is 18.4 Å². The van der Waals surface area contributed by atoms with Crippen LogP contribution in [0.25, 0.3) is 11.5 Å². The molecule has 0 radical (unpaired) electrons. The number of benzene rings is 1. The lowest BCUT2D eigenvalue weighted by Crippen LogP contribution is -2.35. The zero-order valence-corrected chi connectivity index (χ0v) is 15.6. The molecule has 1 aliphatic rings. The number of urea groups is 1. The van der Waals surface area contributed by atoms with Crippen LogP contribution in [0.4, 0.5) is 10.5 Å². The van der Waals surface area contributed by atoms with Gasteiger partial charge in [0.05, 0.1) is 25.1 Å². The van der Waals surface area contributed by atoms with E-state index in [1.165, 1.54) is 7.11 Å². The quantitative estimate of drug-likeness (QED) is 0.772. The number of methoxy groups -OCH3 is 1. The Labute approximate surface area is 157 Å². The summed E-state index contributed by atoms with van der Waals surface area (Å²) in [5, 5.41) is 17.5. The number of nitrogens with one attached hydrogen (secondary N) is 2. The Morgan fingerprint density at radius 1 is 1.30 bits per heavy atom. The van der Waals surface area contributed by atoms with Crippen molar-refractivity contribution in [2.45, 2.75) is 39.2 Å². The Hall–Kier alpha value is -3.10. The minimum atomic E-state index is -0.362. The minimum absolute atomic E-state index is 0.134. The number of hydrogen-bond donors (Lipinski definition) is 2. The molecule has 1 aliphatic heterocycles. The number of rotatable bonds is 7. The normalized spacial score (nSPS) is 15.8. The van der Waals surface area contributed by atoms with Crippen LogP contribution in [0, 0.1) is 0 Å². The third-order valence-electron chi connectivity index (χ3n) is 4.16. The van der Waals surface area contributed by atoms with Crippen LogP contribution in [-0.4, -0.2) is 41.7 Å². The Kier molecular flexibility index (Phi) is 5.90. The second kappa shape index (κ2) is 8.52. The Morgan fingerprint density at radius 2 is 2.15 bits per heavy atom. The van der Waals surface area contributed by atoms with Gasteiger partial charge < -0.3 is 24.6 Å². The van der Waals surface area contributed by atoms with E-state index in [0.29, 0.717) is 41.7 Å². The largest absolute Gasteiger partial charge is 0.495 e. The predicted octanol–water partition coefficient (Wildman–Crippen LogP) is 2.98. The lowest BCUT2D eigenvalue weighted by Gasteiger charge is -2.13. The maximum Gasteiger partial charge on any atom is 0.319 e. The predicted molar refractivity (Wildman–Crippen MR) is 99.9 cm³/mol. The molecular formula is C18H23N5O4. The first-order valence-corrected chi connectivity index (χ1v) is 8.90. The van der Waals surface area contributed by atoms with Gasteiger partial charge in [-0.05, 0) is 24.6 Å². The number of aryl methyl sites for hydroxylation is 1. The van der Waals surface area contributed by atoms with Crippen LogP contribution in [0.2, 0.25) is 0 Å². The van der Waals surface area contributed by atoms with Crippen molar-refractivity contribution in [3.63, 3.8) is 0 Å². The molecule has 2 heterocycles. The number of anilines is 1. The van der Waals surface area contributed by atoms with Crippen LogP contribution in [-0.2, 0) is 11.3 Å². The van der Waals surface area contributed by atoms with Crippen molar-refractivity contribution >= 4 is 17.4 Å². The minimum Gasteiger partial charge on any atom is -0.495 e. The molecule has 1 aromatic carbocycles. The molecule has 2 aromatic rings. The van der Waals surface area contributed by atoms with Gasteiger partial charge in [-0.25, -0.2) is 4.79 Å². The molecule has 9 nitrogen and oxygen atoms in total. The molecule has 0 spiro atoms. The van der Waals surface area contributed by atoms with Gasteiger partial charge in [0.15, 0.2) is 0 Å². The van der Waals surface area contributed by atoms with E-state index in [1.54, 1.807) is 18.2 Å². The highest BCUT2D eigenvalue weighted by Crippen LogP contribution is 2.30. The van der Waals surface area contributed by atoms with Crippen molar-refractivity contribution in [1.29, 1.82) is 0 Å². The second-order valence-corrected chi connectivity index (χ2v) is 6.05. The molecule has 0 saturated carbocycles. The standard InChI is InChI=1S/C18H23N5O4/c1-4-12-9-13(27-23-12)10-19-18(24)20-14-8-11(6-7-15(14)25-3)17-22-21-16(5-2)26-17/h6-8,13H,4-5,9-10H2,1-3H3,(H2,19,20,24). The van der Waals surface area contributed by atoms with Crippen LogP contribution < -0.4 is 15.4 Å². The highest BCUT2D eigenvalue weighted by atomic mass is 16.6. The summed E-state index contributed by atoms with van der Waals surface area (Å²) in [6, 6.07) is 4.90. The van der Waals surface area contributed by atoms with E-state index in [0.717, 1.165) is 18.6 Å². The van der Waals surface area contributed by atoms with Gasteiger partial charge in [0.25, 0.3) is 0 Å². The molecule has 0 fully saturated rings. The van der Waals surface area contributed by atoms with E-state index in [-0.39, 0.29) is 12.1 Å². The summed E-state index contributed by atoms with van der Waals surface area (Å²) >= 11 is 0. The van der Waals surface area contributed by atoms with Crippen molar-refractivity contribution in [3.05, 3.63) is 24.1 Å². The molecule has 9 heteroatoms. The van der Waals surface area contributed by atoms with Gasteiger partial charge in [-0.3, -0.25) is 0 Å². The topological polar surface area (TPSA) is 111 Å². The molecule has 1 aromatic heterocycles. The van der Waals surface area contributed by atoms with Gasteiger partial charge >= 0.3 is 6.03 Å². The lowest BCUT2D eigenvalue weighted by atomic mass is 10.1. The first kappa shape index (κ1) is 18.7.